The van der Waals surface area contributed by atoms with Crippen molar-refractivity contribution in [2.45, 2.75) is 46.2 Å². The van der Waals surface area contributed by atoms with Gasteiger partial charge in [0.2, 0.25) is 0 Å². The van der Waals surface area contributed by atoms with Crippen LogP contribution >= 0.6 is 0 Å². The lowest BCUT2D eigenvalue weighted by molar-refractivity contribution is 0.207. The van der Waals surface area contributed by atoms with Crippen LogP contribution in [0.5, 0.6) is 0 Å². The SMILES string of the molecule is CC(C)(CN)CCCCN1CCn2cnnc2C1. The number of aromatic nitrogens is 3. The molecule has 18 heavy (non-hydrogen) atoms. The Morgan fingerprint density at radius 1 is 1.33 bits per heavy atom. The predicted octanol–water partition coefficient (Wildman–Crippen LogP) is 1.25. The molecule has 2 N–H and O–H groups in total. The zero-order valence-corrected chi connectivity index (χ0v) is 11.6. The van der Waals surface area contributed by atoms with E-state index in [9.17, 15) is 0 Å². The summed E-state index contributed by atoms with van der Waals surface area (Å²) in [6.07, 6.45) is 5.55. The molecule has 5 nitrogen and oxygen atoms in total. The highest BCUT2D eigenvalue weighted by atomic mass is 15.3. The minimum Gasteiger partial charge on any atom is -0.330 e. The number of fused-ring (bicyclic) bond motifs is 1. The highest BCUT2D eigenvalue weighted by Gasteiger charge is 2.18. The summed E-state index contributed by atoms with van der Waals surface area (Å²) < 4.78 is 2.15. The highest BCUT2D eigenvalue weighted by molar-refractivity contribution is 4.89. The number of nitrogens with zero attached hydrogens (tertiary/aromatic N) is 4. The zero-order valence-electron chi connectivity index (χ0n) is 11.6. The largest absolute Gasteiger partial charge is 0.330 e. The zero-order chi connectivity index (χ0) is 13.0. The molecule has 5 heteroatoms. The average molecular weight is 251 g/mol. The first-order valence-electron chi connectivity index (χ1n) is 6.90. The van der Waals surface area contributed by atoms with Crippen LogP contribution in [0, 0.1) is 5.41 Å². The number of unbranched alkanes of at least 4 members (excludes halogenated alkanes) is 1. The van der Waals surface area contributed by atoms with E-state index in [1.54, 1.807) is 0 Å². The maximum Gasteiger partial charge on any atom is 0.147 e. The fourth-order valence-corrected chi connectivity index (χ4v) is 2.35. The molecule has 102 valence electrons. The van der Waals surface area contributed by atoms with E-state index < -0.39 is 0 Å². The van der Waals surface area contributed by atoms with E-state index in [-0.39, 0.29) is 0 Å². The molecule has 0 saturated carbocycles. The van der Waals surface area contributed by atoms with Gasteiger partial charge >= 0.3 is 0 Å². The van der Waals surface area contributed by atoms with Crippen LogP contribution in [0.1, 0.15) is 38.9 Å². The smallest absolute Gasteiger partial charge is 0.147 e. The molecule has 0 fully saturated rings. The summed E-state index contributed by atoms with van der Waals surface area (Å²) in [6.45, 7) is 9.52. The number of hydrogen-bond acceptors (Lipinski definition) is 4. The van der Waals surface area contributed by atoms with E-state index in [4.69, 9.17) is 5.73 Å². The van der Waals surface area contributed by atoms with Crippen LogP contribution in [0.4, 0.5) is 0 Å². The minimum atomic E-state index is 0.294. The fraction of sp³-hybridized carbons (Fsp3) is 0.846. The Morgan fingerprint density at radius 3 is 2.94 bits per heavy atom. The van der Waals surface area contributed by atoms with E-state index in [1.165, 1.54) is 19.3 Å². The summed E-state index contributed by atoms with van der Waals surface area (Å²) in [5.74, 6) is 1.10. The quantitative estimate of drug-likeness (QED) is 0.773. The lowest BCUT2D eigenvalue weighted by atomic mass is 9.87. The topological polar surface area (TPSA) is 60.0 Å². The van der Waals surface area contributed by atoms with E-state index in [2.05, 4.69) is 33.5 Å². The van der Waals surface area contributed by atoms with Crippen LogP contribution in [0.15, 0.2) is 6.33 Å². The number of rotatable bonds is 6. The third-order valence-electron chi connectivity index (χ3n) is 3.85. The van der Waals surface area contributed by atoms with Gasteiger partial charge in [0.25, 0.3) is 0 Å². The van der Waals surface area contributed by atoms with Gasteiger partial charge in [0.15, 0.2) is 0 Å². The maximum absolute atomic E-state index is 5.74. The minimum absolute atomic E-state index is 0.294. The second-order valence-corrected chi connectivity index (χ2v) is 6.04. The Morgan fingerprint density at radius 2 is 2.17 bits per heavy atom. The Bertz CT molecular complexity index is 371. The van der Waals surface area contributed by atoms with Gasteiger partial charge in [0.05, 0.1) is 6.54 Å². The number of hydrogen-bond donors (Lipinski definition) is 1. The number of nitrogens with two attached hydrogens (primary N) is 1. The van der Waals surface area contributed by atoms with Crippen molar-refractivity contribution in [2.75, 3.05) is 19.6 Å². The van der Waals surface area contributed by atoms with Crippen LogP contribution in [0.25, 0.3) is 0 Å². The van der Waals surface area contributed by atoms with E-state index in [1.807, 2.05) is 6.33 Å². The second kappa shape index (κ2) is 5.80. The van der Waals surface area contributed by atoms with E-state index >= 15 is 0 Å². The average Bonchev–Trinajstić information content (AvgIpc) is 2.82. The molecule has 1 aliphatic heterocycles. The van der Waals surface area contributed by atoms with Crippen LogP contribution < -0.4 is 5.73 Å². The summed E-state index contributed by atoms with van der Waals surface area (Å²) in [5, 5.41) is 8.09. The molecule has 0 spiro atoms. The monoisotopic (exact) mass is 251 g/mol. The van der Waals surface area contributed by atoms with Crippen LogP contribution in [0.3, 0.4) is 0 Å². The molecule has 2 rings (SSSR count). The Kier molecular flexibility index (Phi) is 4.35. The molecule has 0 amide bonds. The second-order valence-electron chi connectivity index (χ2n) is 6.04. The van der Waals surface area contributed by atoms with Crippen molar-refractivity contribution in [3.63, 3.8) is 0 Å². The van der Waals surface area contributed by atoms with Gasteiger partial charge in [-0.05, 0) is 31.3 Å². The van der Waals surface area contributed by atoms with Crippen LogP contribution in [-0.4, -0.2) is 39.3 Å². The highest BCUT2D eigenvalue weighted by Crippen LogP contribution is 2.21. The fourth-order valence-electron chi connectivity index (χ4n) is 2.35. The molecule has 1 aromatic heterocycles. The van der Waals surface area contributed by atoms with Gasteiger partial charge < -0.3 is 10.3 Å². The molecular weight excluding hydrogens is 226 g/mol. The lowest BCUT2D eigenvalue weighted by Crippen LogP contribution is -2.34. The molecule has 0 bridgehead atoms. The standard InChI is InChI=1S/C13H25N5/c1-13(2,10-14)5-3-4-6-17-7-8-18-11-15-16-12(18)9-17/h11H,3-10,14H2,1-2H3. The normalized spacial score (nSPS) is 16.8. The van der Waals surface area contributed by atoms with Crippen LogP contribution in [0.2, 0.25) is 0 Å². The summed E-state index contributed by atoms with van der Waals surface area (Å²) >= 11 is 0. The van der Waals surface area contributed by atoms with Crippen molar-refractivity contribution in [1.29, 1.82) is 0 Å². The van der Waals surface area contributed by atoms with Crippen molar-refractivity contribution < 1.29 is 0 Å². The summed E-state index contributed by atoms with van der Waals surface area (Å²) in [5.41, 5.74) is 6.04. The predicted molar refractivity (Wildman–Crippen MR) is 72.0 cm³/mol. The molecule has 2 heterocycles. The first kappa shape index (κ1) is 13.5. The van der Waals surface area contributed by atoms with E-state index in [0.717, 1.165) is 38.5 Å². The van der Waals surface area contributed by atoms with Crippen LogP contribution in [-0.2, 0) is 13.1 Å². The molecule has 0 unspecified atom stereocenters. The maximum atomic E-state index is 5.74. The Hall–Kier alpha value is -0.940. The summed E-state index contributed by atoms with van der Waals surface area (Å²) in [7, 11) is 0. The molecule has 0 radical (unpaired) electrons. The molecule has 0 aliphatic carbocycles. The van der Waals surface area contributed by atoms with Gasteiger partial charge in [-0.1, -0.05) is 20.3 Å². The molecule has 0 aromatic carbocycles. The summed E-state index contributed by atoms with van der Waals surface area (Å²) in [6, 6.07) is 0. The van der Waals surface area contributed by atoms with Gasteiger partial charge in [-0.25, -0.2) is 0 Å². The van der Waals surface area contributed by atoms with E-state index in [0.29, 0.717) is 5.41 Å². The van der Waals surface area contributed by atoms with Gasteiger partial charge in [-0.3, -0.25) is 4.90 Å². The van der Waals surface area contributed by atoms with Gasteiger partial charge in [-0.15, -0.1) is 10.2 Å². The molecular formula is C13H25N5. The summed E-state index contributed by atoms with van der Waals surface area (Å²) in [4.78, 5) is 2.47. The first-order valence-corrected chi connectivity index (χ1v) is 6.90. The third-order valence-corrected chi connectivity index (χ3v) is 3.85. The Labute approximate surface area is 109 Å². The van der Waals surface area contributed by atoms with Gasteiger partial charge in [0.1, 0.15) is 12.2 Å². The molecule has 1 aliphatic rings. The lowest BCUT2D eigenvalue weighted by Gasteiger charge is -2.27. The van der Waals surface area contributed by atoms with Crippen molar-refractivity contribution in [3.8, 4) is 0 Å². The van der Waals surface area contributed by atoms with Crippen molar-refractivity contribution >= 4 is 0 Å². The molecule has 0 saturated heterocycles. The van der Waals surface area contributed by atoms with Gasteiger partial charge in [0, 0.05) is 13.1 Å². The van der Waals surface area contributed by atoms with Gasteiger partial charge in [-0.2, -0.15) is 0 Å². The van der Waals surface area contributed by atoms with Crippen molar-refractivity contribution in [1.82, 2.24) is 19.7 Å². The van der Waals surface area contributed by atoms with Crippen molar-refractivity contribution in [3.05, 3.63) is 12.2 Å². The molecule has 0 atom stereocenters. The first-order chi connectivity index (χ1) is 8.61. The van der Waals surface area contributed by atoms with Crippen molar-refractivity contribution in [2.24, 2.45) is 11.1 Å². The third kappa shape index (κ3) is 3.53. The molecule has 1 aromatic rings. The Balaban J connectivity index is 1.67.